The van der Waals surface area contributed by atoms with E-state index in [0.717, 1.165) is 11.1 Å². The summed E-state index contributed by atoms with van der Waals surface area (Å²) < 4.78 is 1.90. The van der Waals surface area contributed by atoms with Gasteiger partial charge in [-0.05, 0) is 30.3 Å². The van der Waals surface area contributed by atoms with Gasteiger partial charge in [0.05, 0.1) is 5.52 Å². The Balaban J connectivity index is 2.25. The van der Waals surface area contributed by atoms with Gasteiger partial charge in [0.15, 0.2) is 17.1 Å². The molecule has 0 bridgehead atoms. The highest BCUT2D eigenvalue weighted by molar-refractivity contribution is 5.77. The molecule has 0 saturated heterocycles. The third-order valence-electron chi connectivity index (χ3n) is 2.89. The van der Waals surface area contributed by atoms with Crippen molar-refractivity contribution in [2.45, 2.75) is 0 Å². The van der Waals surface area contributed by atoms with Crippen molar-refractivity contribution in [3.63, 3.8) is 0 Å². The molecule has 0 amide bonds. The Morgan fingerprint density at radius 2 is 1.94 bits per heavy atom. The molecule has 0 unspecified atom stereocenters. The zero-order chi connectivity index (χ0) is 12.7. The number of aromatic hydroxyl groups is 2. The van der Waals surface area contributed by atoms with E-state index in [1.54, 1.807) is 12.3 Å². The van der Waals surface area contributed by atoms with E-state index in [4.69, 9.17) is 0 Å². The SMILES string of the molecule is Cn1c(-c2ccc(O)c(O)c2)nc2ncccc21. The molecule has 5 heteroatoms. The van der Waals surface area contributed by atoms with Crippen LogP contribution in [0.3, 0.4) is 0 Å². The molecular weight excluding hydrogens is 230 g/mol. The molecule has 0 aliphatic rings. The second-order valence-electron chi connectivity index (χ2n) is 4.04. The van der Waals surface area contributed by atoms with Gasteiger partial charge in [-0.2, -0.15) is 0 Å². The molecule has 0 aliphatic heterocycles. The molecule has 5 nitrogen and oxygen atoms in total. The van der Waals surface area contributed by atoms with Crippen molar-refractivity contribution < 1.29 is 10.2 Å². The summed E-state index contributed by atoms with van der Waals surface area (Å²) in [6.07, 6.45) is 1.69. The number of imidazole rings is 1. The Hall–Kier alpha value is -2.56. The average Bonchev–Trinajstić information content (AvgIpc) is 2.71. The van der Waals surface area contributed by atoms with Gasteiger partial charge >= 0.3 is 0 Å². The quantitative estimate of drug-likeness (QED) is 0.639. The molecule has 0 spiro atoms. The fourth-order valence-corrected chi connectivity index (χ4v) is 1.95. The lowest BCUT2D eigenvalue weighted by Gasteiger charge is -2.03. The Bertz CT molecular complexity index is 734. The van der Waals surface area contributed by atoms with E-state index in [9.17, 15) is 10.2 Å². The van der Waals surface area contributed by atoms with Crippen LogP contribution in [-0.2, 0) is 7.05 Å². The van der Waals surface area contributed by atoms with Crippen molar-refractivity contribution in [2.75, 3.05) is 0 Å². The van der Waals surface area contributed by atoms with Crippen molar-refractivity contribution in [3.8, 4) is 22.9 Å². The van der Waals surface area contributed by atoms with E-state index in [-0.39, 0.29) is 11.5 Å². The number of hydrogen-bond donors (Lipinski definition) is 2. The lowest BCUT2D eigenvalue weighted by molar-refractivity contribution is 0.404. The summed E-state index contributed by atoms with van der Waals surface area (Å²) >= 11 is 0. The Kier molecular flexibility index (Phi) is 2.19. The van der Waals surface area contributed by atoms with Crippen molar-refractivity contribution in [1.82, 2.24) is 14.5 Å². The number of aromatic nitrogens is 3. The van der Waals surface area contributed by atoms with E-state index in [2.05, 4.69) is 9.97 Å². The summed E-state index contributed by atoms with van der Waals surface area (Å²) in [5, 5.41) is 18.8. The minimum Gasteiger partial charge on any atom is -0.504 e. The first-order valence-corrected chi connectivity index (χ1v) is 5.46. The number of fused-ring (bicyclic) bond motifs is 1. The molecule has 2 aromatic heterocycles. The number of pyridine rings is 1. The van der Waals surface area contributed by atoms with Crippen molar-refractivity contribution >= 4 is 11.2 Å². The van der Waals surface area contributed by atoms with Crippen LogP contribution >= 0.6 is 0 Å². The standard InChI is InChI=1S/C13H11N3O2/c1-16-9-3-2-6-14-12(9)15-13(16)8-4-5-10(17)11(18)7-8/h2-7,17-18H,1H3. The third kappa shape index (κ3) is 1.48. The topological polar surface area (TPSA) is 71.2 Å². The molecule has 0 aliphatic carbocycles. The van der Waals surface area contributed by atoms with Gasteiger partial charge in [-0.25, -0.2) is 9.97 Å². The second-order valence-corrected chi connectivity index (χ2v) is 4.04. The van der Waals surface area contributed by atoms with Gasteiger partial charge < -0.3 is 14.8 Å². The summed E-state index contributed by atoms with van der Waals surface area (Å²) in [5.74, 6) is 0.391. The summed E-state index contributed by atoms with van der Waals surface area (Å²) in [5.41, 5.74) is 2.30. The van der Waals surface area contributed by atoms with Crippen LogP contribution in [0.25, 0.3) is 22.6 Å². The molecule has 2 N–H and O–H groups in total. The van der Waals surface area contributed by atoms with Crippen LogP contribution in [0.4, 0.5) is 0 Å². The minimum atomic E-state index is -0.160. The second kappa shape index (κ2) is 3.73. The highest BCUT2D eigenvalue weighted by Crippen LogP contribution is 2.30. The van der Waals surface area contributed by atoms with Crippen LogP contribution < -0.4 is 0 Å². The van der Waals surface area contributed by atoms with Gasteiger partial charge in [0.1, 0.15) is 5.82 Å². The van der Waals surface area contributed by atoms with Gasteiger partial charge in [0.2, 0.25) is 0 Å². The number of phenolic OH excluding ortho intramolecular Hbond substituents is 2. The zero-order valence-electron chi connectivity index (χ0n) is 9.70. The predicted octanol–water partition coefficient (Wildman–Crippen LogP) is 2.05. The van der Waals surface area contributed by atoms with Crippen LogP contribution in [0, 0.1) is 0 Å². The summed E-state index contributed by atoms with van der Waals surface area (Å²) in [6.45, 7) is 0. The van der Waals surface area contributed by atoms with E-state index in [0.29, 0.717) is 11.5 Å². The normalized spacial score (nSPS) is 10.9. The largest absolute Gasteiger partial charge is 0.504 e. The van der Waals surface area contributed by atoms with Gasteiger partial charge in [-0.3, -0.25) is 0 Å². The Morgan fingerprint density at radius 1 is 1.11 bits per heavy atom. The van der Waals surface area contributed by atoms with Crippen molar-refractivity contribution in [2.24, 2.45) is 7.05 Å². The molecular formula is C13H11N3O2. The molecule has 0 atom stereocenters. The smallest absolute Gasteiger partial charge is 0.178 e. The van der Waals surface area contributed by atoms with Crippen LogP contribution in [-0.4, -0.2) is 24.7 Å². The zero-order valence-corrected chi connectivity index (χ0v) is 9.70. The highest BCUT2D eigenvalue weighted by Gasteiger charge is 2.11. The summed E-state index contributed by atoms with van der Waals surface area (Å²) in [4.78, 5) is 8.60. The van der Waals surface area contributed by atoms with E-state index in [1.165, 1.54) is 12.1 Å². The summed E-state index contributed by atoms with van der Waals surface area (Å²) in [6, 6.07) is 8.41. The first-order chi connectivity index (χ1) is 8.66. The van der Waals surface area contributed by atoms with Crippen molar-refractivity contribution in [3.05, 3.63) is 36.5 Å². The van der Waals surface area contributed by atoms with E-state index >= 15 is 0 Å². The highest BCUT2D eigenvalue weighted by atomic mass is 16.3. The molecule has 2 heterocycles. The maximum atomic E-state index is 9.52. The molecule has 0 saturated carbocycles. The number of phenols is 2. The fraction of sp³-hybridized carbons (Fsp3) is 0.0769. The van der Waals surface area contributed by atoms with Crippen LogP contribution in [0.1, 0.15) is 0 Å². The third-order valence-corrected chi connectivity index (χ3v) is 2.89. The number of hydrogen-bond acceptors (Lipinski definition) is 4. The van der Waals surface area contributed by atoms with Gasteiger partial charge in [-0.15, -0.1) is 0 Å². The molecule has 0 fully saturated rings. The van der Waals surface area contributed by atoms with Crippen LogP contribution in [0.15, 0.2) is 36.5 Å². The molecule has 1 aromatic carbocycles. The van der Waals surface area contributed by atoms with Crippen molar-refractivity contribution in [1.29, 1.82) is 0 Å². The van der Waals surface area contributed by atoms with E-state index < -0.39 is 0 Å². The van der Waals surface area contributed by atoms with Gasteiger partial charge in [0, 0.05) is 18.8 Å². The van der Waals surface area contributed by atoms with Crippen LogP contribution in [0.5, 0.6) is 11.5 Å². The fourth-order valence-electron chi connectivity index (χ4n) is 1.95. The van der Waals surface area contributed by atoms with Gasteiger partial charge in [0.25, 0.3) is 0 Å². The Labute approximate surface area is 103 Å². The number of rotatable bonds is 1. The number of benzene rings is 1. The van der Waals surface area contributed by atoms with Crippen LogP contribution in [0.2, 0.25) is 0 Å². The minimum absolute atomic E-state index is 0.143. The monoisotopic (exact) mass is 241 g/mol. The number of nitrogens with zero attached hydrogens (tertiary/aromatic N) is 3. The lowest BCUT2D eigenvalue weighted by Crippen LogP contribution is -1.92. The van der Waals surface area contributed by atoms with Gasteiger partial charge in [-0.1, -0.05) is 0 Å². The summed E-state index contributed by atoms with van der Waals surface area (Å²) in [7, 11) is 1.89. The lowest BCUT2D eigenvalue weighted by atomic mass is 10.2. The first kappa shape index (κ1) is 10.6. The molecule has 18 heavy (non-hydrogen) atoms. The maximum absolute atomic E-state index is 9.52. The predicted molar refractivity (Wildman–Crippen MR) is 67.3 cm³/mol. The number of aryl methyl sites for hydroxylation is 1. The Morgan fingerprint density at radius 3 is 2.67 bits per heavy atom. The maximum Gasteiger partial charge on any atom is 0.178 e. The molecule has 3 aromatic rings. The molecule has 0 radical (unpaired) electrons. The first-order valence-electron chi connectivity index (χ1n) is 5.46. The van der Waals surface area contributed by atoms with E-state index in [1.807, 2.05) is 23.7 Å². The average molecular weight is 241 g/mol. The molecule has 90 valence electrons. The molecule has 3 rings (SSSR count).